The summed E-state index contributed by atoms with van der Waals surface area (Å²) >= 11 is 0. The van der Waals surface area contributed by atoms with E-state index in [2.05, 4.69) is 6.07 Å². The van der Waals surface area contributed by atoms with Crippen LogP contribution in [0.4, 0.5) is 0 Å². The van der Waals surface area contributed by atoms with Crippen LogP contribution in [-0.2, 0) is 11.3 Å². The molecule has 19 heavy (non-hydrogen) atoms. The van der Waals surface area contributed by atoms with Crippen molar-refractivity contribution in [2.45, 2.75) is 6.61 Å². The molecule has 92 valence electrons. The summed E-state index contributed by atoms with van der Waals surface area (Å²) in [4.78, 5) is 0. The first-order valence-electron chi connectivity index (χ1n) is 5.87. The first-order valence-corrected chi connectivity index (χ1v) is 5.87. The fraction of sp³-hybridized carbons (Fsp3) is 0.0714. The van der Waals surface area contributed by atoms with Crippen molar-refractivity contribution in [1.82, 2.24) is 0 Å². The van der Waals surface area contributed by atoms with Gasteiger partial charge in [-0.2, -0.15) is 5.26 Å². The second-order valence-electron chi connectivity index (χ2n) is 4.23. The average molecular weight is 251 g/mol. The van der Waals surface area contributed by atoms with Gasteiger partial charge in [0.1, 0.15) is 11.5 Å². The Morgan fingerprint density at radius 1 is 1.21 bits per heavy atom. The molecule has 1 aliphatic rings. The third-order valence-corrected chi connectivity index (χ3v) is 3.01. The van der Waals surface area contributed by atoms with Crippen molar-refractivity contribution in [2.24, 2.45) is 0 Å². The molecule has 0 bridgehead atoms. The van der Waals surface area contributed by atoms with E-state index >= 15 is 0 Å². The summed E-state index contributed by atoms with van der Waals surface area (Å²) in [6.45, 7) is 0.390. The van der Waals surface area contributed by atoms with Gasteiger partial charge < -0.3 is 14.4 Å². The van der Waals surface area contributed by atoms with Crippen LogP contribution in [0.5, 0.6) is 11.5 Å². The van der Waals surface area contributed by atoms with E-state index < -0.39 is 7.12 Å². The predicted molar refractivity (Wildman–Crippen MR) is 70.1 cm³/mol. The second kappa shape index (κ2) is 4.77. The fourth-order valence-corrected chi connectivity index (χ4v) is 2.06. The molecule has 4 nitrogen and oxygen atoms in total. The molecule has 1 N–H and O–H groups in total. The molecule has 0 unspecified atom stereocenters. The lowest BCUT2D eigenvalue weighted by Crippen LogP contribution is -2.29. The third-order valence-electron chi connectivity index (χ3n) is 3.01. The van der Waals surface area contributed by atoms with Gasteiger partial charge in [0.05, 0.1) is 18.2 Å². The summed E-state index contributed by atoms with van der Waals surface area (Å²) in [7, 11) is -0.940. The Morgan fingerprint density at radius 2 is 2.00 bits per heavy atom. The van der Waals surface area contributed by atoms with E-state index in [1.807, 2.05) is 12.1 Å². The highest BCUT2D eigenvalue weighted by atomic mass is 16.5. The predicted octanol–water partition coefficient (Wildman–Crippen LogP) is 1.57. The fourth-order valence-electron chi connectivity index (χ4n) is 2.06. The Hall–Kier alpha value is -2.29. The molecule has 2 aromatic rings. The molecule has 0 saturated heterocycles. The van der Waals surface area contributed by atoms with E-state index in [0.717, 1.165) is 5.56 Å². The second-order valence-corrected chi connectivity index (χ2v) is 4.23. The minimum absolute atomic E-state index is 0.390. The zero-order valence-electron chi connectivity index (χ0n) is 10.0. The zero-order valence-corrected chi connectivity index (χ0v) is 10.0. The van der Waals surface area contributed by atoms with Crippen LogP contribution in [-0.4, -0.2) is 12.1 Å². The van der Waals surface area contributed by atoms with Crippen LogP contribution >= 0.6 is 0 Å². The van der Waals surface area contributed by atoms with Crippen molar-refractivity contribution >= 4 is 12.6 Å². The van der Waals surface area contributed by atoms with Crippen LogP contribution in [0.1, 0.15) is 11.1 Å². The zero-order chi connectivity index (χ0) is 13.2. The molecule has 0 amide bonds. The molecular weight excluding hydrogens is 241 g/mol. The number of nitrogens with zero attached hydrogens (tertiary/aromatic N) is 1. The Morgan fingerprint density at radius 3 is 2.74 bits per heavy atom. The summed E-state index contributed by atoms with van der Waals surface area (Å²) in [6, 6.07) is 14.4. The Kier molecular flexibility index (Phi) is 2.96. The SMILES string of the molecule is N#Cc1ccc(Oc2cccc3c2B(O)OC3)cc1. The largest absolute Gasteiger partial charge is 0.495 e. The Balaban J connectivity index is 1.92. The van der Waals surface area contributed by atoms with Crippen molar-refractivity contribution in [3.63, 3.8) is 0 Å². The molecule has 5 heteroatoms. The van der Waals surface area contributed by atoms with E-state index in [0.29, 0.717) is 29.1 Å². The number of benzene rings is 2. The van der Waals surface area contributed by atoms with Gasteiger partial charge in [0, 0.05) is 5.46 Å². The van der Waals surface area contributed by atoms with Gasteiger partial charge in [-0.25, -0.2) is 0 Å². The summed E-state index contributed by atoms with van der Waals surface area (Å²) < 4.78 is 10.9. The lowest BCUT2D eigenvalue weighted by atomic mass is 9.79. The van der Waals surface area contributed by atoms with E-state index in [9.17, 15) is 5.02 Å². The van der Waals surface area contributed by atoms with E-state index in [1.54, 1.807) is 30.3 Å². The number of rotatable bonds is 2. The summed E-state index contributed by atoms with van der Waals surface area (Å²) in [6.07, 6.45) is 0. The molecule has 0 fully saturated rings. The molecule has 2 aromatic carbocycles. The van der Waals surface area contributed by atoms with Gasteiger partial charge in [-0.1, -0.05) is 12.1 Å². The van der Waals surface area contributed by atoms with Gasteiger partial charge >= 0.3 is 7.12 Å². The molecular formula is C14H10BNO3. The molecule has 0 spiro atoms. The van der Waals surface area contributed by atoms with Crippen molar-refractivity contribution in [3.05, 3.63) is 53.6 Å². The van der Waals surface area contributed by atoms with Crippen LogP contribution in [0, 0.1) is 11.3 Å². The highest BCUT2D eigenvalue weighted by Gasteiger charge is 2.31. The number of fused-ring (bicyclic) bond motifs is 1. The monoisotopic (exact) mass is 251 g/mol. The maximum Gasteiger partial charge on any atom is 0.495 e. The lowest BCUT2D eigenvalue weighted by molar-refractivity contribution is 0.275. The van der Waals surface area contributed by atoms with Crippen molar-refractivity contribution in [2.75, 3.05) is 0 Å². The number of hydrogen-bond acceptors (Lipinski definition) is 4. The van der Waals surface area contributed by atoms with Crippen LogP contribution in [0.15, 0.2) is 42.5 Å². The topological polar surface area (TPSA) is 62.5 Å². The molecule has 1 aliphatic heterocycles. The molecule has 0 saturated carbocycles. The van der Waals surface area contributed by atoms with Crippen LogP contribution in [0.3, 0.4) is 0 Å². The van der Waals surface area contributed by atoms with Gasteiger partial charge in [-0.05, 0) is 35.9 Å². The maximum atomic E-state index is 9.78. The van der Waals surface area contributed by atoms with Gasteiger partial charge in [0.2, 0.25) is 0 Å². The third kappa shape index (κ3) is 2.19. The van der Waals surface area contributed by atoms with Crippen LogP contribution < -0.4 is 10.2 Å². The summed E-state index contributed by atoms with van der Waals surface area (Å²) in [5.41, 5.74) is 2.18. The molecule has 0 aliphatic carbocycles. The van der Waals surface area contributed by atoms with Gasteiger partial charge in [0.15, 0.2) is 0 Å². The normalized spacial score (nSPS) is 12.9. The highest BCUT2D eigenvalue weighted by molar-refractivity contribution is 6.62. The molecule has 0 aromatic heterocycles. The minimum Gasteiger partial charge on any atom is -0.458 e. The van der Waals surface area contributed by atoms with Gasteiger partial charge in [-0.3, -0.25) is 0 Å². The number of ether oxygens (including phenoxy) is 1. The molecule has 0 atom stereocenters. The quantitative estimate of drug-likeness (QED) is 0.823. The standard InChI is InChI=1S/C14H10BNO3/c16-8-10-4-6-12(7-5-10)19-13-3-1-2-11-9-18-15(17)14(11)13/h1-7,17H,9H2. The Labute approximate surface area is 111 Å². The molecule has 1 heterocycles. The maximum absolute atomic E-state index is 9.78. The van der Waals surface area contributed by atoms with Crippen molar-refractivity contribution < 1.29 is 14.4 Å². The highest BCUT2D eigenvalue weighted by Crippen LogP contribution is 2.24. The first-order chi connectivity index (χ1) is 9.28. The van der Waals surface area contributed by atoms with E-state index in [1.165, 1.54) is 0 Å². The van der Waals surface area contributed by atoms with E-state index in [-0.39, 0.29) is 0 Å². The minimum atomic E-state index is -0.940. The Bertz CT molecular complexity index is 649. The van der Waals surface area contributed by atoms with Gasteiger partial charge in [-0.15, -0.1) is 0 Å². The average Bonchev–Trinajstić information content (AvgIpc) is 2.83. The number of nitriles is 1. The molecule has 3 rings (SSSR count). The lowest BCUT2D eigenvalue weighted by Gasteiger charge is -2.10. The van der Waals surface area contributed by atoms with Crippen LogP contribution in [0.2, 0.25) is 0 Å². The summed E-state index contributed by atoms with van der Waals surface area (Å²) in [5, 5.41) is 18.5. The van der Waals surface area contributed by atoms with Crippen molar-refractivity contribution in [3.8, 4) is 17.6 Å². The first kappa shape index (κ1) is 11.8. The summed E-state index contributed by atoms with van der Waals surface area (Å²) in [5.74, 6) is 1.19. The van der Waals surface area contributed by atoms with Gasteiger partial charge in [0.25, 0.3) is 0 Å². The number of hydrogen-bond donors (Lipinski definition) is 1. The van der Waals surface area contributed by atoms with Crippen LogP contribution in [0.25, 0.3) is 0 Å². The molecule has 0 radical (unpaired) electrons. The van der Waals surface area contributed by atoms with E-state index in [4.69, 9.17) is 14.7 Å². The van der Waals surface area contributed by atoms with Crippen molar-refractivity contribution in [1.29, 1.82) is 5.26 Å². The smallest absolute Gasteiger partial charge is 0.458 e.